The Bertz CT molecular complexity index is 361. The lowest BCUT2D eigenvalue weighted by molar-refractivity contribution is -0.135. The number of amides is 2. The lowest BCUT2D eigenvalue weighted by Crippen LogP contribution is -2.33. The summed E-state index contributed by atoms with van der Waals surface area (Å²) in [7, 11) is 0. The summed E-state index contributed by atoms with van der Waals surface area (Å²) in [5.74, 6) is -1.09. The fraction of sp³-hybridized carbons (Fsp3) is 0.111. The Morgan fingerprint density at radius 1 is 1.27 bits per heavy atom. The maximum atomic E-state index is 11.1. The normalized spacial score (nSPS) is 9.33. The SMILES string of the molecule is Nc1ccc(NC(=O)NCC(=O)O)cc1. The Labute approximate surface area is 86.1 Å². The Balaban J connectivity index is 2.44. The molecule has 5 N–H and O–H groups in total. The van der Waals surface area contributed by atoms with Crippen LogP contribution in [-0.4, -0.2) is 23.7 Å². The number of nitrogen functional groups attached to an aromatic ring is 1. The minimum absolute atomic E-state index is 0.416. The zero-order chi connectivity index (χ0) is 11.3. The highest BCUT2D eigenvalue weighted by Gasteiger charge is 2.02. The number of nitrogens with two attached hydrogens (primary N) is 1. The molecule has 2 amide bonds. The Morgan fingerprint density at radius 2 is 1.87 bits per heavy atom. The van der Waals surface area contributed by atoms with Gasteiger partial charge in [-0.2, -0.15) is 0 Å². The van der Waals surface area contributed by atoms with Crippen LogP contribution in [-0.2, 0) is 4.79 Å². The second-order valence-electron chi connectivity index (χ2n) is 2.82. The zero-order valence-corrected chi connectivity index (χ0v) is 7.86. The summed E-state index contributed by atoms with van der Waals surface area (Å²) in [4.78, 5) is 21.2. The van der Waals surface area contributed by atoms with Gasteiger partial charge in [-0.05, 0) is 24.3 Å². The molecular weight excluding hydrogens is 198 g/mol. The number of hydrogen-bond donors (Lipinski definition) is 4. The van der Waals surface area contributed by atoms with Crippen LogP contribution in [0, 0.1) is 0 Å². The van der Waals surface area contributed by atoms with E-state index < -0.39 is 18.5 Å². The van der Waals surface area contributed by atoms with Crippen LogP contribution in [0.25, 0.3) is 0 Å². The highest BCUT2D eigenvalue weighted by molar-refractivity contribution is 5.91. The van der Waals surface area contributed by atoms with E-state index in [4.69, 9.17) is 10.8 Å². The van der Waals surface area contributed by atoms with Crippen molar-refractivity contribution in [2.75, 3.05) is 17.6 Å². The van der Waals surface area contributed by atoms with E-state index in [1.54, 1.807) is 24.3 Å². The van der Waals surface area contributed by atoms with Crippen molar-refractivity contribution in [3.63, 3.8) is 0 Å². The molecule has 0 aliphatic carbocycles. The van der Waals surface area contributed by atoms with Crippen LogP contribution in [0.4, 0.5) is 16.2 Å². The number of rotatable bonds is 3. The second-order valence-corrected chi connectivity index (χ2v) is 2.82. The molecule has 0 aromatic heterocycles. The van der Waals surface area contributed by atoms with Crippen molar-refractivity contribution in [3.8, 4) is 0 Å². The predicted molar refractivity (Wildman–Crippen MR) is 55.5 cm³/mol. The van der Waals surface area contributed by atoms with Gasteiger partial charge in [-0.3, -0.25) is 4.79 Å². The maximum absolute atomic E-state index is 11.1. The van der Waals surface area contributed by atoms with E-state index in [0.29, 0.717) is 11.4 Å². The van der Waals surface area contributed by atoms with E-state index in [2.05, 4.69) is 10.6 Å². The molecule has 0 aliphatic rings. The molecule has 1 aromatic rings. The largest absolute Gasteiger partial charge is 0.480 e. The van der Waals surface area contributed by atoms with E-state index in [-0.39, 0.29) is 0 Å². The smallest absolute Gasteiger partial charge is 0.323 e. The molecule has 1 rings (SSSR count). The van der Waals surface area contributed by atoms with Crippen LogP contribution in [0.15, 0.2) is 24.3 Å². The number of carbonyl (C=O) groups is 2. The fourth-order valence-corrected chi connectivity index (χ4v) is 0.898. The summed E-state index contributed by atoms with van der Waals surface area (Å²) >= 11 is 0. The lowest BCUT2D eigenvalue weighted by atomic mass is 10.3. The average molecular weight is 209 g/mol. The number of hydrogen-bond acceptors (Lipinski definition) is 3. The zero-order valence-electron chi connectivity index (χ0n) is 7.86. The molecule has 0 fully saturated rings. The van der Waals surface area contributed by atoms with Crippen LogP contribution < -0.4 is 16.4 Å². The number of benzene rings is 1. The van der Waals surface area contributed by atoms with Crippen LogP contribution in [0.2, 0.25) is 0 Å². The molecule has 0 atom stereocenters. The molecular formula is C9H11N3O3. The van der Waals surface area contributed by atoms with Crippen LogP contribution in [0.5, 0.6) is 0 Å². The molecule has 0 unspecified atom stereocenters. The minimum atomic E-state index is -1.09. The van der Waals surface area contributed by atoms with Gasteiger partial charge in [0.2, 0.25) is 0 Å². The number of carboxylic acid groups (broad SMARTS) is 1. The Morgan fingerprint density at radius 3 is 2.40 bits per heavy atom. The monoisotopic (exact) mass is 209 g/mol. The standard InChI is InChI=1S/C9H11N3O3/c10-6-1-3-7(4-2-6)12-9(15)11-5-8(13)14/h1-4H,5,10H2,(H,13,14)(H2,11,12,15). The van der Waals surface area contributed by atoms with Gasteiger partial charge in [-0.15, -0.1) is 0 Å². The Hall–Kier alpha value is -2.24. The van der Waals surface area contributed by atoms with Gasteiger partial charge in [0.15, 0.2) is 0 Å². The predicted octanol–water partition coefficient (Wildman–Crippen LogP) is 0.475. The first-order chi connectivity index (χ1) is 7.08. The van der Waals surface area contributed by atoms with Gasteiger partial charge in [-0.1, -0.05) is 0 Å². The summed E-state index contributed by atoms with van der Waals surface area (Å²) in [5, 5.41) is 12.9. The summed E-state index contributed by atoms with van der Waals surface area (Å²) in [6.45, 7) is -0.416. The summed E-state index contributed by atoms with van der Waals surface area (Å²) in [5.41, 5.74) is 6.59. The van der Waals surface area contributed by atoms with Gasteiger partial charge in [0.05, 0.1) is 0 Å². The van der Waals surface area contributed by atoms with E-state index >= 15 is 0 Å². The minimum Gasteiger partial charge on any atom is -0.480 e. The van der Waals surface area contributed by atoms with Gasteiger partial charge < -0.3 is 21.5 Å². The molecule has 0 spiro atoms. The van der Waals surface area contributed by atoms with Crippen LogP contribution >= 0.6 is 0 Å². The molecule has 6 nitrogen and oxygen atoms in total. The first kappa shape index (κ1) is 10.8. The van der Waals surface area contributed by atoms with Gasteiger partial charge in [0, 0.05) is 11.4 Å². The van der Waals surface area contributed by atoms with Gasteiger partial charge in [0.25, 0.3) is 0 Å². The van der Waals surface area contributed by atoms with Crippen LogP contribution in [0.1, 0.15) is 0 Å². The van der Waals surface area contributed by atoms with E-state index in [1.165, 1.54) is 0 Å². The molecule has 80 valence electrons. The average Bonchev–Trinajstić information content (AvgIpc) is 2.19. The molecule has 1 aromatic carbocycles. The quantitative estimate of drug-likeness (QED) is 0.543. The highest BCUT2D eigenvalue weighted by Crippen LogP contribution is 2.09. The Kier molecular flexibility index (Phi) is 3.50. The molecule has 0 heterocycles. The third-order valence-corrected chi connectivity index (χ3v) is 1.57. The van der Waals surface area contributed by atoms with E-state index in [9.17, 15) is 9.59 Å². The molecule has 0 bridgehead atoms. The van der Waals surface area contributed by atoms with E-state index in [1.807, 2.05) is 0 Å². The van der Waals surface area contributed by atoms with Crippen molar-refractivity contribution in [2.24, 2.45) is 0 Å². The number of anilines is 2. The summed E-state index contributed by atoms with van der Waals surface area (Å²) in [6, 6.07) is 5.94. The van der Waals surface area contributed by atoms with Crippen molar-refractivity contribution in [3.05, 3.63) is 24.3 Å². The number of nitrogens with one attached hydrogen (secondary N) is 2. The topological polar surface area (TPSA) is 104 Å². The maximum Gasteiger partial charge on any atom is 0.323 e. The van der Waals surface area contributed by atoms with Gasteiger partial charge >= 0.3 is 12.0 Å². The number of carboxylic acids is 1. The number of aliphatic carboxylic acids is 1. The lowest BCUT2D eigenvalue weighted by Gasteiger charge is -2.05. The molecule has 15 heavy (non-hydrogen) atoms. The number of urea groups is 1. The van der Waals surface area contributed by atoms with Gasteiger partial charge in [0.1, 0.15) is 6.54 Å². The van der Waals surface area contributed by atoms with E-state index in [0.717, 1.165) is 0 Å². The van der Waals surface area contributed by atoms with Crippen molar-refractivity contribution in [1.29, 1.82) is 0 Å². The van der Waals surface area contributed by atoms with Crippen molar-refractivity contribution in [1.82, 2.24) is 5.32 Å². The first-order valence-electron chi connectivity index (χ1n) is 4.20. The molecule has 0 aliphatic heterocycles. The third-order valence-electron chi connectivity index (χ3n) is 1.57. The fourth-order valence-electron chi connectivity index (χ4n) is 0.898. The highest BCUT2D eigenvalue weighted by atomic mass is 16.4. The second kappa shape index (κ2) is 4.85. The summed E-state index contributed by atoms with van der Waals surface area (Å²) in [6.07, 6.45) is 0. The van der Waals surface area contributed by atoms with Crippen molar-refractivity contribution in [2.45, 2.75) is 0 Å². The van der Waals surface area contributed by atoms with Crippen LogP contribution in [0.3, 0.4) is 0 Å². The molecule has 0 saturated carbocycles. The van der Waals surface area contributed by atoms with Gasteiger partial charge in [-0.25, -0.2) is 4.79 Å². The first-order valence-corrected chi connectivity index (χ1v) is 4.20. The van der Waals surface area contributed by atoms with Crippen molar-refractivity contribution >= 4 is 23.4 Å². The third kappa shape index (κ3) is 3.99. The molecule has 0 radical (unpaired) electrons. The van der Waals surface area contributed by atoms with Crippen molar-refractivity contribution < 1.29 is 14.7 Å². The molecule has 6 heteroatoms. The molecule has 0 saturated heterocycles. The number of carbonyl (C=O) groups excluding carboxylic acids is 1. The summed E-state index contributed by atoms with van der Waals surface area (Å²) < 4.78 is 0.